The van der Waals surface area contributed by atoms with E-state index in [0.29, 0.717) is 11.8 Å². The summed E-state index contributed by atoms with van der Waals surface area (Å²) in [6, 6.07) is 8.62. The third kappa shape index (κ3) is 2.59. The van der Waals surface area contributed by atoms with E-state index in [4.69, 9.17) is 4.52 Å². The molecule has 1 aromatic carbocycles. The van der Waals surface area contributed by atoms with Crippen LogP contribution < -0.4 is 15.1 Å². The Bertz CT molecular complexity index is 592. The average molecular weight is 261 g/mol. The lowest BCUT2D eigenvalue weighted by Crippen LogP contribution is -2.56. The number of amides is 1. The molecule has 0 unspecified atom stereocenters. The number of aldehydes is 1. The Morgan fingerprint density at radius 1 is 1.37 bits per heavy atom. The maximum atomic E-state index is 11.9. The van der Waals surface area contributed by atoms with Crippen molar-refractivity contribution in [3.8, 4) is 0 Å². The molecule has 0 saturated heterocycles. The molecule has 0 aliphatic carbocycles. The van der Waals surface area contributed by atoms with Crippen LogP contribution in [0.15, 0.2) is 34.9 Å². The molecular weight excluding hydrogens is 248 g/mol. The summed E-state index contributed by atoms with van der Waals surface area (Å²) in [5.41, 5.74) is 0.599. The molecule has 0 saturated carbocycles. The van der Waals surface area contributed by atoms with Crippen LogP contribution in [0.1, 0.15) is 20.8 Å². The van der Waals surface area contributed by atoms with Gasteiger partial charge in [-0.15, -0.1) is 0 Å². The Morgan fingerprint density at radius 3 is 2.63 bits per heavy atom. The maximum Gasteiger partial charge on any atom is 0.371 e. The van der Waals surface area contributed by atoms with Gasteiger partial charge in [-0.3, -0.25) is 19.4 Å². The fraction of sp³-hybridized carbons (Fsp3) is 0.167. The Labute approximate surface area is 109 Å². The molecule has 7 nitrogen and oxygen atoms in total. The summed E-state index contributed by atoms with van der Waals surface area (Å²) in [5.74, 6) is -0.358. The summed E-state index contributed by atoms with van der Waals surface area (Å²) in [4.78, 5) is 24.2. The van der Waals surface area contributed by atoms with Gasteiger partial charge in [0.2, 0.25) is 11.6 Å². The van der Waals surface area contributed by atoms with Gasteiger partial charge in [0, 0.05) is 5.56 Å². The number of carbonyl (C=O) groups excluding carboxylic acids is 2. The van der Waals surface area contributed by atoms with Crippen LogP contribution >= 0.6 is 0 Å². The van der Waals surface area contributed by atoms with E-state index in [9.17, 15) is 9.59 Å². The highest BCUT2D eigenvalue weighted by molar-refractivity contribution is 6.04. The van der Waals surface area contributed by atoms with E-state index in [1.54, 1.807) is 43.4 Å². The molecule has 0 atom stereocenters. The zero-order valence-electron chi connectivity index (χ0n) is 10.5. The van der Waals surface area contributed by atoms with Gasteiger partial charge in [-0.25, -0.2) is 0 Å². The molecule has 0 bridgehead atoms. The lowest BCUT2D eigenvalue weighted by atomic mass is 10.2. The summed E-state index contributed by atoms with van der Waals surface area (Å²) >= 11 is 0. The molecule has 0 spiro atoms. The zero-order valence-corrected chi connectivity index (χ0v) is 10.5. The van der Waals surface area contributed by atoms with Gasteiger partial charge in [-0.1, -0.05) is 18.2 Å². The van der Waals surface area contributed by atoms with Crippen molar-refractivity contribution in [2.45, 2.75) is 0 Å². The van der Waals surface area contributed by atoms with Gasteiger partial charge in [0.1, 0.15) is 0 Å². The number of nitrogens with zero attached hydrogens (tertiary/aromatic N) is 3. The highest BCUT2D eigenvalue weighted by Crippen LogP contribution is 2.10. The Kier molecular flexibility index (Phi) is 3.56. The van der Waals surface area contributed by atoms with Crippen molar-refractivity contribution in [3.63, 3.8) is 0 Å². The minimum Gasteiger partial charge on any atom is -0.291 e. The van der Waals surface area contributed by atoms with Crippen LogP contribution in [0.25, 0.3) is 0 Å². The molecule has 2 rings (SSSR count). The molecule has 19 heavy (non-hydrogen) atoms. The lowest BCUT2D eigenvalue weighted by Gasteiger charge is -2.00. The summed E-state index contributed by atoms with van der Waals surface area (Å²) in [6.45, 7) is 0. The molecule has 1 amide bonds. The van der Waals surface area contributed by atoms with E-state index in [1.807, 2.05) is 6.07 Å². The highest BCUT2D eigenvalue weighted by Gasteiger charge is 2.28. The largest absolute Gasteiger partial charge is 0.371 e. The molecule has 0 radical (unpaired) electrons. The van der Waals surface area contributed by atoms with Gasteiger partial charge in [0.25, 0.3) is 5.91 Å². The van der Waals surface area contributed by atoms with Crippen molar-refractivity contribution >= 4 is 18.1 Å². The van der Waals surface area contributed by atoms with E-state index in [2.05, 4.69) is 10.6 Å². The van der Waals surface area contributed by atoms with Crippen LogP contribution in [0.5, 0.6) is 0 Å². The number of carbonyl (C=O) groups is 2. The van der Waals surface area contributed by atoms with Crippen molar-refractivity contribution in [2.24, 2.45) is 0 Å². The van der Waals surface area contributed by atoms with E-state index >= 15 is 0 Å². The molecule has 2 aromatic rings. The summed E-state index contributed by atoms with van der Waals surface area (Å²) in [6.07, 6.45) is 0.567. The maximum absolute atomic E-state index is 11.9. The second kappa shape index (κ2) is 5.30. The Hall–Kier alpha value is -2.70. The predicted molar refractivity (Wildman–Crippen MR) is 66.5 cm³/mol. The highest BCUT2D eigenvalue weighted by atomic mass is 16.5. The van der Waals surface area contributed by atoms with Gasteiger partial charge in [-0.05, 0) is 12.1 Å². The van der Waals surface area contributed by atoms with Crippen LogP contribution in [0, 0.1) is 0 Å². The van der Waals surface area contributed by atoms with Gasteiger partial charge in [-0.2, -0.15) is 5.01 Å². The van der Waals surface area contributed by atoms with Crippen molar-refractivity contribution in [3.05, 3.63) is 41.6 Å². The van der Waals surface area contributed by atoms with E-state index in [-0.39, 0.29) is 17.5 Å². The Balaban J connectivity index is 2.25. The molecule has 1 heterocycles. The summed E-state index contributed by atoms with van der Waals surface area (Å²) in [7, 11) is 3.39. The van der Waals surface area contributed by atoms with Gasteiger partial charge < -0.3 is 0 Å². The average Bonchev–Trinajstić information content (AvgIpc) is 2.82. The number of benzene rings is 1. The predicted octanol–water partition coefficient (Wildman–Crippen LogP) is 0.224. The number of nitrogens with one attached hydrogen (secondary N) is 1. The van der Waals surface area contributed by atoms with E-state index in [0.717, 1.165) is 0 Å². The van der Waals surface area contributed by atoms with Crippen LogP contribution in [-0.2, 0) is 0 Å². The normalized spacial score (nSPS) is 10.0. The molecule has 98 valence electrons. The zero-order chi connectivity index (χ0) is 13.8. The first-order valence-corrected chi connectivity index (χ1v) is 5.54. The molecule has 1 N–H and O–H groups in total. The van der Waals surface area contributed by atoms with Gasteiger partial charge in [0.05, 0.1) is 18.9 Å². The Morgan fingerprint density at radius 2 is 2.05 bits per heavy atom. The first-order chi connectivity index (χ1) is 9.13. The lowest BCUT2D eigenvalue weighted by molar-refractivity contribution is -0.754. The van der Waals surface area contributed by atoms with Crippen LogP contribution in [0.4, 0.5) is 5.88 Å². The van der Waals surface area contributed by atoms with E-state index in [1.165, 1.54) is 4.79 Å². The third-order valence-corrected chi connectivity index (χ3v) is 2.41. The summed E-state index contributed by atoms with van der Waals surface area (Å²) in [5, 5.41) is 7.71. The molecular formula is C12H13N4O3+. The van der Waals surface area contributed by atoms with Crippen LogP contribution in [0.3, 0.4) is 0 Å². The minimum atomic E-state index is -0.370. The van der Waals surface area contributed by atoms with Gasteiger partial charge >= 0.3 is 11.6 Å². The molecule has 0 aliphatic rings. The quantitative estimate of drug-likeness (QED) is 0.629. The van der Waals surface area contributed by atoms with E-state index < -0.39 is 0 Å². The van der Waals surface area contributed by atoms with Gasteiger partial charge in [0.15, 0.2) is 0 Å². The smallest absolute Gasteiger partial charge is 0.291 e. The topological polar surface area (TPSA) is 79.3 Å². The number of aromatic nitrogens is 2. The van der Waals surface area contributed by atoms with Crippen molar-refractivity contribution < 1.29 is 18.9 Å². The third-order valence-electron chi connectivity index (χ3n) is 2.41. The fourth-order valence-corrected chi connectivity index (χ4v) is 1.50. The number of hydrogen-bond acceptors (Lipinski definition) is 5. The molecule has 0 aliphatic heterocycles. The summed E-state index contributed by atoms with van der Waals surface area (Å²) < 4.78 is 4.95. The molecule has 1 aromatic heterocycles. The number of hydrogen-bond donors (Lipinski definition) is 1. The van der Waals surface area contributed by atoms with Crippen molar-refractivity contribution in [1.29, 1.82) is 0 Å². The van der Waals surface area contributed by atoms with Crippen molar-refractivity contribution in [1.82, 2.24) is 5.27 Å². The monoisotopic (exact) mass is 261 g/mol. The fourth-order valence-electron chi connectivity index (χ4n) is 1.50. The first-order valence-electron chi connectivity index (χ1n) is 5.54. The second-order valence-corrected chi connectivity index (χ2v) is 3.96. The van der Waals surface area contributed by atoms with Crippen molar-refractivity contribution in [2.75, 3.05) is 24.4 Å². The second-order valence-electron chi connectivity index (χ2n) is 3.96. The molecule has 0 fully saturated rings. The number of rotatable bonds is 4. The minimum absolute atomic E-state index is 0.0116. The SMILES string of the molecule is CN(C)[n+]1noc(NC(=O)c2ccccc2)c1C=O. The first kappa shape index (κ1) is 12.7. The van der Waals surface area contributed by atoms with Crippen LogP contribution in [-0.4, -0.2) is 31.6 Å². The number of anilines is 1. The standard InChI is InChI=1S/C12H12N4O3/c1-15(2)16-10(8-17)12(19-14-16)13-11(18)9-6-4-3-5-7-9/h3-8H,1-2H3/p+1. The molecule has 7 heteroatoms. The van der Waals surface area contributed by atoms with Crippen LogP contribution in [0.2, 0.25) is 0 Å².